The molecule has 2 rings (SSSR count). The number of hydrogen-bond acceptors (Lipinski definition) is 5. The van der Waals surface area contributed by atoms with Gasteiger partial charge in [0.15, 0.2) is 0 Å². The molecule has 0 unspecified atom stereocenters. The first kappa shape index (κ1) is 15.0. The molecule has 0 aromatic heterocycles. The lowest BCUT2D eigenvalue weighted by molar-refractivity contribution is 0.413. The van der Waals surface area contributed by atoms with Gasteiger partial charge in [-0.1, -0.05) is 6.07 Å². The van der Waals surface area contributed by atoms with Crippen molar-refractivity contribution < 1.29 is 17.9 Å². The van der Waals surface area contributed by atoms with E-state index in [1.54, 1.807) is 24.3 Å². The molecule has 0 heterocycles. The summed E-state index contributed by atoms with van der Waals surface area (Å²) in [4.78, 5) is 0.109. The standard InChI is InChI=1S/C14H16N2O4S/c1-19-11-4-3-5-12(9-11)21(17,18)16-10-6-7-13(15)14(8-10)20-2/h3-9,16H,15H2,1-2H3. The zero-order valence-electron chi connectivity index (χ0n) is 11.7. The van der Waals surface area contributed by atoms with Crippen molar-refractivity contribution >= 4 is 21.4 Å². The fourth-order valence-electron chi connectivity index (χ4n) is 1.76. The van der Waals surface area contributed by atoms with Gasteiger partial charge in [0.2, 0.25) is 0 Å². The summed E-state index contributed by atoms with van der Waals surface area (Å²) in [6.45, 7) is 0. The van der Waals surface area contributed by atoms with Gasteiger partial charge in [-0.05, 0) is 24.3 Å². The number of nitrogens with two attached hydrogens (primary N) is 1. The highest BCUT2D eigenvalue weighted by Crippen LogP contribution is 2.27. The van der Waals surface area contributed by atoms with E-state index >= 15 is 0 Å². The van der Waals surface area contributed by atoms with Gasteiger partial charge in [-0.2, -0.15) is 0 Å². The SMILES string of the molecule is COc1cccc(S(=O)(=O)Nc2ccc(N)c(OC)c2)c1. The van der Waals surface area contributed by atoms with Crippen molar-refractivity contribution in [2.24, 2.45) is 0 Å². The lowest BCUT2D eigenvalue weighted by Crippen LogP contribution is -2.13. The fraction of sp³-hybridized carbons (Fsp3) is 0.143. The second-order valence-electron chi connectivity index (χ2n) is 4.24. The van der Waals surface area contributed by atoms with Crippen LogP contribution in [0.25, 0.3) is 0 Å². The zero-order valence-corrected chi connectivity index (χ0v) is 12.5. The van der Waals surface area contributed by atoms with Crippen LogP contribution >= 0.6 is 0 Å². The van der Waals surface area contributed by atoms with E-state index in [9.17, 15) is 8.42 Å². The number of ether oxygens (including phenoxy) is 2. The highest BCUT2D eigenvalue weighted by molar-refractivity contribution is 7.92. The number of benzene rings is 2. The molecule has 0 saturated heterocycles. The van der Waals surface area contributed by atoms with E-state index in [2.05, 4.69) is 4.72 Å². The lowest BCUT2D eigenvalue weighted by Gasteiger charge is -2.11. The number of nitrogen functional groups attached to an aromatic ring is 1. The van der Waals surface area contributed by atoms with Crippen LogP contribution in [0.4, 0.5) is 11.4 Å². The van der Waals surface area contributed by atoms with Crippen LogP contribution in [0.3, 0.4) is 0 Å². The van der Waals surface area contributed by atoms with E-state index in [1.807, 2.05) is 0 Å². The van der Waals surface area contributed by atoms with Gasteiger partial charge in [0.25, 0.3) is 10.0 Å². The molecule has 0 aliphatic carbocycles. The largest absolute Gasteiger partial charge is 0.497 e. The highest BCUT2D eigenvalue weighted by atomic mass is 32.2. The van der Waals surface area contributed by atoms with Gasteiger partial charge in [0, 0.05) is 12.1 Å². The van der Waals surface area contributed by atoms with Gasteiger partial charge in [-0.15, -0.1) is 0 Å². The molecule has 0 fully saturated rings. The van der Waals surface area contributed by atoms with Crippen LogP contribution < -0.4 is 19.9 Å². The Hall–Kier alpha value is -2.41. The molecule has 0 amide bonds. The second-order valence-corrected chi connectivity index (χ2v) is 5.92. The normalized spacial score (nSPS) is 11.0. The van der Waals surface area contributed by atoms with Crippen molar-refractivity contribution in [1.29, 1.82) is 0 Å². The average Bonchev–Trinajstić information content (AvgIpc) is 2.49. The summed E-state index contributed by atoms with van der Waals surface area (Å²) in [6, 6.07) is 10.9. The van der Waals surface area contributed by atoms with Gasteiger partial charge >= 0.3 is 0 Å². The van der Waals surface area contributed by atoms with Crippen LogP contribution in [0.15, 0.2) is 47.4 Å². The smallest absolute Gasteiger partial charge is 0.262 e. The van der Waals surface area contributed by atoms with Crippen molar-refractivity contribution in [3.05, 3.63) is 42.5 Å². The second kappa shape index (κ2) is 5.92. The Labute approximate surface area is 123 Å². The summed E-state index contributed by atoms with van der Waals surface area (Å²) in [5.74, 6) is 0.869. The maximum Gasteiger partial charge on any atom is 0.262 e. The van der Waals surface area contributed by atoms with E-state index in [4.69, 9.17) is 15.2 Å². The van der Waals surface area contributed by atoms with Crippen molar-refractivity contribution in [2.45, 2.75) is 4.90 Å². The third-order valence-corrected chi connectivity index (χ3v) is 4.22. The minimum atomic E-state index is -3.71. The summed E-state index contributed by atoms with van der Waals surface area (Å²) in [6.07, 6.45) is 0. The molecule has 7 heteroatoms. The maximum atomic E-state index is 12.3. The molecule has 2 aromatic rings. The van der Waals surface area contributed by atoms with Crippen LogP contribution in [-0.4, -0.2) is 22.6 Å². The molecule has 0 aliphatic rings. The average molecular weight is 308 g/mol. The van der Waals surface area contributed by atoms with Crippen LogP contribution in [0, 0.1) is 0 Å². The molecule has 0 aliphatic heterocycles. The molecule has 0 spiro atoms. The molecule has 0 atom stereocenters. The van der Waals surface area contributed by atoms with E-state index in [0.717, 1.165) is 0 Å². The Morgan fingerprint density at radius 1 is 1.05 bits per heavy atom. The Balaban J connectivity index is 2.32. The molecule has 0 bridgehead atoms. The predicted molar refractivity (Wildman–Crippen MR) is 81.2 cm³/mol. The van der Waals surface area contributed by atoms with Gasteiger partial charge in [-0.3, -0.25) is 4.72 Å². The molecule has 21 heavy (non-hydrogen) atoms. The third kappa shape index (κ3) is 3.38. The predicted octanol–water partition coefficient (Wildman–Crippen LogP) is 2.09. The van der Waals surface area contributed by atoms with Gasteiger partial charge in [0.1, 0.15) is 11.5 Å². The Morgan fingerprint density at radius 3 is 2.48 bits per heavy atom. The molecular weight excluding hydrogens is 292 g/mol. The summed E-state index contributed by atoms with van der Waals surface area (Å²) in [5.41, 5.74) is 6.49. The summed E-state index contributed by atoms with van der Waals surface area (Å²) in [5, 5.41) is 0. The number of nitrogens with one attached hydrogen (secondary N) is 1. The molecule has 6 nitrogen and oxygen atoms in total. The summed E-state index contributed by atoms with van der Waals surface area (Å²) >= 11 is 0. The Morgan fingerprint density at radius 2 is 1.81 bits per heavy atom. The van der Waals surface area contributed by atoms with E-state index < -0.39 is 10.0 Å². The molecular formula is C14H16N2O4S. The number of rotatable bonds is 5. The quantitative estimate of drug-likeness (QED) is 0.825. The first-order valence-corrected chi connectivity index (χ1v) is 7.55. The van der Waals surface area contributed by atoms with Gasteiger partial charge < -0.3 is 15.2 Å². The topological polar surface area (TPSA) is 90.7 Å². The van der Waals surface area contributed by atoms with Crippen LogP contribution in [0.5, 0.6) is 11.5 Å². The number of methoxy groups -OCH3 is 2. The minimum Gasteiger partial charge on any atom is -0.497 e. The molecule has 0 saturated carbocycles. The third-order valence-electron chi connectivity index (χ3n) is 2.84. The van der Waals surface area contributed by atoms with E-state index in [-0.39, 0.29) is 4.90 Å². The van der Waals surface area contributed by atoms with Crippen LogP contribution in [0.2, 0.25) is 0 Å². The van der Waals surface area contributed by atoms with Crippen LogP contribution in [-0.2, 0) is 10.0 Å². The van der Waals surface area contributed by atoms with Crippen molar-refractivity contribution in [1.82, 2.24) is 0 Å². The van der Waals surface area contributed by atoms with Gasteiger partial charge in [-0.25, -0.2) is 8.42 Å². The molecule has 3 N–H and O–H groups in total. The first-order chi connectivity index (χ1) is 9.96. The van der Waals surface area contributed by atoms with E-state index in [1.165, 1.54) is 32.4 Å². The fourth-order valence-corrected chi connectivity index (χ4v) is 2.84. The van der Waals surface area contributed by atoms with Crippen LogP contribution in [0.1, 0.15) is 0 Å². The number of sulfonamides is 1. The maximum absolute atomic E-state index is 12.3. The number of anilines is 2. The van der Waals surface area contributed by atoms with Crippen molar-refractivity contribution in [3.8, 4) is 11.5 Å². The first-order valence-electron chi connectivity index (χ1n) is 6.06. The molecule has 0 radical (unpaired) electrons. The molecule has 112 valence electrons. The Bertz CT molecular complexity index is 744. The van der Waals surface area contributed by atoms with E-state index in [0.29, 0.717) is 22.9 Å². The zero-order chi connectivity index (χ0) is 15.5. The summed E-state index contributed by atoms with van der Waals surface area (Å²) < 4.78 is 37.2. The van der Waals surface area contributed by atoms with Gasteiger partial charge in [0.05, 0.1) is 30.5 Å². The van der Waals surface area contributed by atoms with Crippen molar-refractivity contribution in [3.63, 3.8) is 0 Å². The monoisotopic (exact) mass is 308 g/mol. The minimum absolute atomic E-state index is 0.109. The number of hydrogen-bond donors (Lipinski definition) is 2. The molecule has 2 aromatic carbocycles. The summed E-state index contributed by atoms with van der Waals surface area (Å²) in [7, 11) is -0.770. The lowest BCUT2D eigenvalue weighted by atomic mass is 10.2. The Kier molecular flexibility index (Phi) is 4.23. The van der Waals surface area contributed by atoms with Crippen molar-refractivity contribution in [2.75, 3.05) is 24.7 Å². The highest BCUT2D eigenvalue weighted by Gasteiger charge is 2.15.